The lowest BCUT2D eigenvalue weighted by Gasteiger charge is -2.46. The van der Waals surface area contributed by atoms with Crippen molar-refractivity contribution in [2.45, 2.75) is 68.6 Å². The number of Topliss-reactive ketones (excluding diaryl/α,β-unsaturated/α-hetero) is 1. The Morgan fingerprint density at radius 1 is 1.23 bits per heavy atom. The average Bonchev–Trinajstić information content (AvgIpc) is 2.77. The van der Waals surface area contributed by atoms with Crippen LogP contribution in [0.4, 0.5) is 13.2 Å². The molecule has 2 rings (SSSR count). The molecule has 1 aromatic rings. The van der Waals surface area contributed by atoms with Gasteiger partial charge in [0.05, 0.1) is 25.2 Å². The molecular formula is C21H26F3NO10. The van der Waals surface area contributed by atoms with Crippen molar-refractivity contribution in [3.8, 4) is 5.75 Å². The summed E-state index contributed by atoms with van der Waals surface area (Å²) in [5.41, 5.74) is 0.328. The lowest BCUT2D eigenvalue weighted by Crippen LogP contribution is -2.68. The molecule has 1 heterocycles. The van der Waals surface area contributed by atoms with E-state index in [-0.39, 0.29) is 12.2 Å². The van der Waals surface area contributed by atoms with Gasteiger partial charge >= 0.3 is 17.9 Å². The van der Waals surface area contributed by atoms with Crippen molar-refractivity contribution < 1.29 is 62.6 Å². The highest BCUT2D eigenvalue weighted by molar-refractivity contribution is 5.84. The highest BCUT2D eigenvalue weighted by Gasteiger charge is 2.56. The standard InChI is InChI=1S/C21H26F3NO10/c1-10(27)25-16-13(28)8-20(19(32)33,35-18(16)17(31)14(29)9-26)34-12-5-2-11(3-6-12)4-7-15(30)21(22,23)24/h2-3,5-6,13-14,16-18,26,28-29,31H,4,7-9H2,1H3,(H,25,27)(H,32,33)/t13?,14-,16?,17-,18?,20?/m1/s1. The summed E-state index contributed by atoms with van der Waals surface area (Å²) >= 11 is 0. The number of aliphatic hydroxyl groups excluding tert-OH is 4. The van der Waals surface area contributed by atoms with Gasteiger partial charge in [-0.15, -0.1) is 0 Å². The minimum Gasteiger partial charge on any atom is -0.476 e. The molecule has 4 unspecified atom stereocenters. The number of hydrogen-bond acceptors (Lipinski definition) is 9. The first-order valence-corrected chi connectivity index (χ1v) is 10.4. The number of ether oxygens (including phenoxy) is 2. The molecule has 0 radical (unpaired) electrons. The lowest BCUT2D eigenvalue weighted by molar-refractivity contribution is -0.284. The summed E-state index contributed by atoms with van der Waals surface area (Å²) in [5.74, 6) is -7.02. The van der Waals surface area contributed by atoms with E-state index in [9.17, 15) is 48.0 Å². The molecule has 1 aliphatic heterocycles. The van der Waals surface area contributed by atoms with E-state index >= 15 is 0 Å². The van der Waals surface area contributed by atoms with E-state index in [1.165, 1.54) is 24.3 Å². The van der Waals surface area contributed by atoms with E-state index in [0.29, 0.717) is 5.56 Å². The number of aryl methyl sites for hydroxylation is 1. The maximum absolute atomic E-state index is 12.4. The Kier molecular flexibility index (Phi) is 9.19. The second kappa shape index (κ2) is 11.3. The fourth-order valence-corrected chi connectivity index (χ4v) is 3.55. The zero-order chi connectivity index (χ0) is 26.6. The molecule has 0 aromatic heterocycles. The molecule has 6 N–H and O–H groups in total. The lowest BCUT2D eigenvalue weighted by atomic mass is 9.88. The van der Waals surface area contributed by atoms with Gasteiger partial charge in [-0.3, -0.25) is 9.59 Å². The van der Waals surface area contributed by atoms with Crippen molar-refractivity contribution in [2.24, 2.45) is 0 Å². The Labute approximate surface area is 197 Å². The summed E-state index contributed by atoms with van der Waals surface area (Å²) < 4.78 is 48.0. The molecule has 0 aliphatic carbocycles. The molecule has 14 heteroatoms. The Bertz CT molecular complexity index is 910. The van der Waals surface area contributed by atoms with Gasteiger partial charge in [0.25, 0.3) is 0 Å². The summed E-state index contributed by atoms with van der Waals surface area (Å²) in [4.78, 5) is 34.7. The van der Waals surface area contributed by atoms with Gasteiger partial charge in [0.2, 0.25) is 11.7 Å². The van der Waals surface area contributed by atoms with Crippen LogP contribution in [0.15, 0.2) is 24.3 Å². The van der Waals surface area contributed by atoms with Crippen LogP contribution in [0, 0.1) is 0 Å². The van der Waals surface area contributed by atoms with E-state index in [4.69, 9.17) is 14.6 Å². The van der Waals surface area contributed by atoms with Crippen molar-refractivity contribution in [3.05, 3.63) is 29.8 Å². The van der Waals surface area contributed by atoms with Gasteiger partial charge in [-0.05, 0) is 24.1 Å². The number of ketones is 1. The Morgan fingerprint density at radius 2 is 1.83 bits per heavy atom. The molecule has 1 amide bonds. The minimum atomic E-state index is -4.95. The monoisotopic (exact) mass is 509 g/mol. The molecule has 35 heavy (non-hydrogen) atoms. The van der Waals surface area contributed by atoms with Gasteiger partial charge in [0.1, 0.15) is 24.1 Å². The molecule has 1 fully saturated rings. The molecule has 6 atom stereocenters. The van der Waals surface area contributed by atoms with Crippen LogP contribution in [-0.2, 0) is 25.5 Å². The topological polar surface area (TPSA) is 183 Å². The smallest absolute Gasteiger partial charge is 0.449 e. The van der Waals surface area contributed by atoms with Crippen LogP contribution in [0.2, 0.25) is 0 Å². The maximum atomic E-state index is 12.4. The number of rotatable bonds is 10. The van der Waals surface area contributed by atoms with E-state index in [1.54, 1.807) is 0 Å². The van der Waals surface area contributed by atoms with Crippen molar-refractivity contribution in [3.63, 3.8) is 0 Å². The number of halogens is 3. The Hall–Kier alpha value is -2.78. The molecule has 0 spiro atoms. The van der Waals surface area contributed by atoms with Crippen molar-refractivity contribution in [1.29, 1.82) is 0 Å². The van der Waals surface area contributed by atoms with E-state index < -0.39 is 79.5 Å². The van der Waals surface area contributed by atoms with Crippen LogP contribution in [0.25, 0.3) is 0 Å². The number of nitrogens with one attached hydrogen (secondary N) is 1. The predicted molar refractivity (Wildman–Crippen MR) is 109 cm³/mol. The number of carbonyl (C=O) groups is 3. The molecule has 0 bridgehead atoms. The van der Waals surface area contributed by atoms with Gasteiger partial charge in [-0.1, -0.05) is 12.1 Å². The van der Waals surface area contributed by atoms with Crippen LogP contribution in [0.3, 0.4) is 0 Å². The summed E-state index contributed by atoms with van der Waals surface area (Å²) in [6.45, 7) is 0.154. The number of carboxylic acid groups (broad SMARTS) is 1. The highest BCUT2D eigenvalue weighted by atomic mass is 19.4. The van der Waals surface area contributed by atoms with E-state index in [2.05, 4.69) is 5.32 Å². The SMILES string of the molecule is CC(=O)NC1C(O)CC(Oc2ccc(CCC(=O)C(F)(F)F)cc2)(C(=O)O)OC1[C@H](O)[C@H](O)CO. The van der Waals surface area contributed by atoms with Crippen molar-refractivity contribution in [1.82, 2.24) is 5.32 Å². The Morgan fingerprint density at radius 3 is 2.31 bits per heavy atom. The number of hydrogen-bond donors (Lipinski definition) is 6. The molecule has 1 aromatic carbocycles. The fraction of sp³-hybridized carbons (Fsp3) is 0.571. The molecular weight excluding hydrogens is 483 g/mol. The van der Waals surface area contributed by atoms with Gasteiger partial charge in [-0.2, -0.15) is 13.2 Å². The van der Waals surface area contributed by atoms with Crippen LogP contribution >= 0.6 is 0 Å². The van der Waals surface area contributed by atoms with Gasteiger partial charge < -0.3 is 40.3 Å². The second-order valence-corrected chi connectivity index (χ2v) is 8.05. The number of benzene rings is 1. The van der Waals surface area contributed by atoms with E-state index in [0.717, 1.165) is 6.92 Å². The first-order chi connectivity index (χ1) is 16.2. The van der Waals surface area contributed by atoms with Gasteiger partial charge in [0.15, 0.2) is 0 Å². The molecule has 1 aliphatic rings. The summed E-state index contributed by atoms with van der Waals surface area (Å²) in [7, 11) is 0. The third-order valence-electron chi connectivity index (χ3n) is 5.35. The fourth-order valence-electron chi connectivity index (χ4n) is 3.55. The largest absolute Gasteiger partial charge is 0.476 e. The number of amides is 1. The minimum absolute atomic E-state index is 0.139. The summed E-state index contributed by atoms with van der Waals surface area (Å²) in [6.07, 6.45) is -13.8. The normalized spacial score (nSPS) is 26.5. The van der Waals surface area contributed by atoms with E-state index in [1.807, 2.05) is 0 Å². The first-order valence-electron chi connectivity index (χ1n) is 10.4. The third-order valence-corrected chi connectivity index (χ3v) is 5.35. The molecule has 1 saturated heterocycles. The number of aliphatic carboxylic acids is 1. The number of aliphatic hydroxyl groups is 4. The molecule has 11 nitrogen and oxygen atoms in total. The molecule has 0 saturated carbocycles. The number of carboxylic acids is 1. The van der Waals surface area contributed by atoms with Crippen molar-refractivity contribution >= 4 is 17.7 Å². The summed E-state index contributed by atoms with van der Waals surface area (Å²) in [6, 6.07) is 3.66. The van der Waals surface area contributed by atoms with Crippen LogP contribution < -0.4 is 10.1 Å². The summed E-state index contributed by atoms with van der Waals surface area (Å²) in [5, 5.41) is 52.0. The average molecular weight is 509 g/mol. The highest BCUT2D eigenvalue weighted by Crippen LogP contribution is 2.35. The van der Waals surface area contributed by atoms with Crippen LogP contribution in [0.5, 0.6) is 5.75 Å². The van der Waals surface area contributed by atoms with Crippen LogP contribution in [-0.4, -0.2) is 92.2 Å². The van der Waals surface area contributed by atoms with Gasteiger partial charge in [0, 0.05) is 13.3 Å². The van der Waals surface area contributed by atoms with Crippen molar-refractivity contribution in [2.75, 3.05) is 6.61 Å². The first kappa shape index (κ1) is 28.5. The number of alkyl halides is 3. The Balaban J connectivity index is 2.26. The zero-order valence-electron chi connectivity index (χ0n) is 18.4. The van der Waals surface area contributed by atoms with Gasteiger partial charge in [-0.25, -0.2) is 4.79 Å². The maximum Gasteiger partial charge on any atom is 0.449 e. The predicted octanol–water partition coefficient (Wildman–Crippen LogP) is -0.721. The number of carbonyl (C=O) groups excluding carboxylic acids is 2. The zero-order valence-corrected chi connectivity index (χ0v) is 18.4. The quantitative estimate of drug-likeness (QED) is 0.235. The van der Waals surface area contributed by atoms with Crippen LogP contribution in [0.1, 0.15) is 25.3 Å². The molecule has 196 valence electrons. The second-order valence-electron chi connectivity index (χ2n) is 8.05. The third kappa shape index (κ3) is 7.11.